The summed E-state index contributed by atoms with van der Waals surface area (Å²) in [5.41, 5.74) is 21.1. The summed E-state index contributed by atoms with van der Waals surface area (Å²) in [6.45, 7) is 37.2. The molecule has 6 aromatic rings. The molecule has 7 rings (SSSR count). The zero-order chi connectivity index (χ0) is 47.0. The molecule has 1 heterocycles. The fourth-order valence-corrected chi connectivity index (χ4v) is 21.8. The van der Waals surface area contributed by atoms with Crippen molar-refractivity contribution in [2.75, 3.05) is 0 Å². The van der Waals surface area contributed by atoms with Crippen LogP contribution in [-0.2, 0) is 10.6 Å². The summed E-state index contributed by atoms with van der Waals surface area (Å²) in [6.07, 6.45) is 0. The Morgan fingerprint density at radius 2 is 0.433 bits per heavy atom. The molecule has 1 fully saturated rings. The second kappa shape index (κ2) is 22.8. The van der Waals surface area contributed by atoms with Crippen molar-refractivity contribution in [3.05, 3.63) is 154 Å². The second-order valence-corrected chi connectivity index (χ2v) is 28.6. The van der Waals surface area contributed by atoms with Gasteiger partial charge in [0.2, 0.25) is 0 Å². The van der Waals surface area contributed by atoms with Gasteiger partial charge in [0.05, 0.1) is 0 Å². The van der Waals surface area contributed by atoms with Crippen molar-refractivity contribution in [3.8, 4) is 44.5 Å². The Balaban J connectivity index is 0.00000420. The molecule has 7 heteroatoms. The first kappa shape index (κ1) is 54.2. The van der Waals surface area contributed by atoms with Crippen LogP contribution in [0.3, 0.4) is 0 Å². The Morgan fingerprint density at radius 1 is 0.269 bits per heavy atom. The average Bonchev–Trinajstić information content (AvgIpc) is 3.76. The van der Waals surface area contributed by atoms with Crippen LogP contribution in [-0.4, -0.2) is 41.0 Å². The van der Waals surface area contributed by atoms with Gasteiger partial charge in [-0.05, 0) is 0 Å². The third-order valence-electron chi connectivity index (χ3n) is 13.5. The number of hydrogen-bond donors (Lipinski definition) is 0. The molecule has 0 amide bonds. The Hall–Kier alpha value is -3.79. The van der Waals surface area contributed by atoms with E-state index in [0.29, 0.717) is 47.3 Å². The molecule has 1 aliphatic heterocycles. The van der Waals surface area contributed by atoms with Crippen molar-refractivity contribution in [2.45, 2.75) is 158 Å². The fraction of sp³-hybridized carbons (Fsp3) is 0.400. The van der Waals surface area contributed by atoms with Crippen LogP contribution in [0.2, 0.25) is 0 Å². The first-order valence-electron chi connectivity index (χ1n) is 24.5. The van der Waals surface area contributed by atoms with Crippen LogP contribution in [0.5, 0.6) is 0 Å². The minimum atomic E-state index is -3.21. The zero-order valence-corrected chi connectivity index (χ0v) is 47.4. The number of hydrogen-bond acceptors (Lipinski definition) is 3. The van der Waals surface area contributed by atoms with Gasteiger partial charge in [-0.15, -0.1) is 0 Å². The van der Waals surface area contributed by atoms with Crippen LogP contribution in [0.4, 0.5) is 0 Å². The van der Waals surface area contributed by atoms with E-state index >= 15 is 0 Å². The van der Waals surface area contributed by atoms with Crippen molar-refractivity contribution in [1.29, 1.82) is 0 Å². The maximum absolute atomic E-state index is 7.87. The van der Waals surface area contributed by atoms with Crippen molar-refractivity contribution in [3.63, 3.8) is 0 Å². The van der Waals surface area contributed by atoms with Gasteiger partial charge in [-0.1, -0.05) is 0 Å². The normalized spacial score (nSPS) is 13.6. The van der Waals surface area contributed by atoms with E-state index in [0.717, 1.165) is 0 Å². The smallest absolute Gasteiger partial charge is 0.412 e. The van der Waals surface area contributed by atoms with Gasteiger partial charge >= 0.3 is 406 Å². The van der Waals surface area contributed by atoms with Gasteiger partial charge in [0.15, 0.2) is 0 Å². The van der Waals surface area contributed by atoms with Gasteiger partial charge < -0.3 is 11.0 Å². The molecule has 1 saturated heterocycles. The summed E-state index contributed by atoms with van der Waals surface area (Å²) in [5.74, 6) is 2.61. The van der Waals surface area contributed by atoms with E-state index in [1.165, 1.54) is 97.8 Å². The first-order valence-corrected chi connectivity index (χ1v) is 30.0. The summed E-state index contributed by atoms with van der Waals surface area (Å²) >= 11 is -6.41. The third kappa shape index (κ3) is 10.7. The number of rotatable bonds is 14. The second-order valence-electron chi connectivity index (χ2n) is 20.8. The molecule has 0 saturated carbocycles. The predicted octanol–water partition coefficient (Wildman–Crippen LogP) is 14.8. The molecule has 0 bridgehead atoms. The summed E-state index contributed by atoms with van der Waals surface area (Å²) in [5, 5.41) is 0. The number of benzene rings is 6. The maximum Gasteiger partial charge on any atom is -0.412 e. The molecule has 67 heavy (non-hydrogen) atoms. The zero-order valence-electron chi connectivity index (χ0n) is 43.2. The van der Waals surface area contributed by atoms with Gasteiger partial charge in [0.25, 0.3) is 0 Å². The fourth-order valence-electron chi connectivity index (χ4n) is 10.2. The SMILES string of the molecule is CC(C)c1cccc(C(C)C)c1-c1cccc(-c2c(C(C)C)cccc2C(C)C)[c]1[Ge]1[O][O][Ge]([c]2c(-c3c(C(C)C)cccc3C(C)C)cccc2-c2c(C(C)C)cccc2C(C)C)[O]1.O.O. The molecule has 6 aromatic carbocycles. The maximum atomic E-state index is 7.87. The molecular weight excluding hydrogens is 946 g/mol. The van der Waals surface area contributed by atoms with E-state index in [1.807, 2.05) is 0 Å². The quantitative estimate of drug-likeness (QED) is 0.0804. The molecule has 0 aromatic heterocycles. The van der Waals surface area contributed by atoms with E-state index in [4.69, 9.17) is 10.6 Å². The average molecular weight is 1020 g/mol. The van der Waals surface area contributed by atoms with Crippen LogP contribution in [0, 0.1) is 0 Å². The van der Waals surface area contributed by atoms with Gasteiger partial charge in [-0.2, -0.15) is 0 Å². The minimum Gasteiger partial charge on any atom is -0.412 e. The van der Waals surface area contributed by atoms with Crippen molar-refractivity contribution in [2.24, 2.45) is 0 Å². The summed E-state index contributed by atoms with van der Waals surface area (Å²) in [7, 11) is 0. The van der Waals surface area contributed by atoms with Gasteiger partial charge in [0, 0.05) is 0 Å². The van der Waals surface area contributed by atoms with Crippen LogP contribution >= 0.6 is 0 Å². The first-order chi connectivity index (χ1) is 30.9. The molecule has 0 unspecified atom stereocenters. The van der Waals surface area contributed by atoms with E-state index in [1.54, 1.807) is 0 Å². The monoisotopic (exact) mass is 1030 g/mol. The van der Waals surface area contributed by atoms with Crippen LogP contribution < -0.4 is 8.79 Å². The summed E-state index contributed by atoms with van der Waals surface area (Å²) < 4.78 is 24.4. The molecule has 1 aliphatic rings. The molecule has 0 aliphatic carbocycles. The van der Waals surface area contributed by atoms with Gasteiger partial charge in [0.1, 0.15) is 0 Å². The standard InChI is InChI=1S/C60H74Ge2O3.2H2O/c1-35(2)43-23-17-24-44(36(3)4)55(43)51-31-21-32-52(56-45(37(5)6)25-18-26-46(56)38(7)8)59(51)61-63-62(65-64-61)60-53(57-47(39(9)10)27-19-28-48(57)40(11)12)33-22-34-54(60)58-49(41(13)14)29-20-30-50(58)42(15)16;;/h17-42H,1-16H3;2*1H2. The Morgan fingerprint density at radius 3 is 0.597 bits per heavy atom. The predicted molar refractivity (Wildman–Crippen MR) is 289 cm³/mol. The molecule has 0 atom stereocenters. The Kier molecular flexibility index (Phi) is 18.4. The molecular formula is C60H78Ge2O5. The van der Waals surface area contributed by atoms with Crippen molar-refractivity contribution >= 4 is 38.8 Å². The van der Waals surface area contributed by atoms with Crippen molar-refractivity contribution < 1.29 is 21.6 Å². The molecule has 0 spiro atoms. The van der Waals surface area contributed by atoms with Crippen LogP contribution in [0.1, 0.15) is 203 Å². The van der Waals surface area contributed by atoms with E-state index in [-0.39, 0.29) is 11.0 Å². The van der Waals surface area contributed by atoms with Crippen LogP contribution in [0.25, 0.3) is 44.5 Å². The topological polar surface area (TPSA) is 90.7 Å². The minimum absolute atomic E-state index is 0. The van der Waals surface area contributed by atoms with E-state index in [9.17, 15) is 0 Å². The Bertz CT molecular complexity index is 2190. The Labute approximate surface area is 414 Å². The molecule has 2 radical (unpaired) electrons. The summed E-state index contributed by atoms with van der Waals surface area (Å²) in [6, 6.07) is 41.6. The van der Waals surface area contributed by atoms with Gasteiger partial charge in [-0.3, -0.25) is 0 Å². The van der Waals surface area contributed by atoms with E-state index < -0.39 is 30.0 Å². The van der Waals surface area contributed by atoms with E-state index in [2.05, 4.69) is 220 Å². The molecule has 5 nitrogen and oxygen atoms in total. The molecule has 4 N–H and O–H groups in total. The largest absolute Gasteiger partial charge is 0.412 e. The molecule has 356 valence electrons. The van der Waals surface area contributed by atoms with Crippen molar-refractivity contribution in [1.82, 2.24) is 0 Å². The third-order valence-corrected chi connectivity index (χ3v) is 24.0. The summed E-state index contributed by atoms with van der Waals surface area (Å²) in [4.78, 5) is 0. The van der Waals surface area contributed by atoms with Crippen LogP contribution in [0.15, 0.2) is 109 Å². The van der Waals surface area contributed by atoms with Gasteiger partial charge in [-0.25, -0.2) is 0 Å².